The highest BCUT2D eigenvalue weighted by molar-refractivity contribution is 5.51. The first-order valence-corrected chi connectivity index (χ1v) is 6.68. The molecule has 0 saturated carbocycles. The van der Waals surface area contributed by atoms with Crippen molar-refractivity contribution in [3.05, 3.63) is 63.2 Å². The summed E-state index contributed by atoms with van der Waals surface area (Å²) in [5, 5.41) is 10.9. The molecule has 2 N–H and O–H groups in total. The summed E-state index contributed by atoms with van der Waals surface area (Å²) in [4.78, 5) is 10.5. The van der Waals surface area contributed by atoms with Crippen molar-refractivity contribution < 1.29 is 9.66 Å². The van der Waals surface area contributed by atoms with E-state index in [1.54, 1.807) is 19.9 Å². The van der Waals surface area contributed by atoms with Crippen molar-refractivity contribution in [2.24, 2.45) is 5.73 Å². The van der Waals surface area contributed by atoms with Gasteiger partial charge in [-0.1, -0.05) is 18.2 Å². The van der Waals surface area contributed by atoms with Gasteiger partial charge in [-0.25, -0.2) is 0 Å². The Labute approximate surface area is 123 Å². The van der Waals surface area contributed by atoms with Gasteiger partial charge in [-0.2, -0.15) is 0 Å². The predicted molar refractivity (Wildman–Crippen MR) is 81.7 cm³/mol. The minimum atomic E-state index is -0.387. The highest BCUT2D eigenvalue weighted by Crippen LogP contribution is 2.33. The second kappa shape index (κ2) is 5.93. The molecule has 0 heterocycles. The second-order valence-corrected chi connectivity index (χ2v) is 5.09. The van der Waals surface area contributed by atoms with Crippen molar-refractivity contribution in [3.8, 4) is 11.5 Å². The third-order valence-electron chi connectivity index (χ3n) is 3.32. The molecule has 0 bridgehead atoms. The Bertz CT molecular complexity index is 681. The molecule has 0 amide bonds. The van der Waals surface area contributed by atoms with Crippen LogP contribution < -0.4 is 10.5 Å². The number of nitro benzene ring substituents is 1. The Kier molecular flexibility index (Phi) is 4.23. The van der Waals surface area contributed by atoms with Crippen LogP contribution in [-0.4, -0.2) is 4.92 Å². The van der Waals surface area contributed by atoms with Crippen molar-refractivity contribution in [3.63, 3.8) is 0 Å². The van der Waals surface area contributed by atoms with Crippen molar-refractivity contribution in [2.75, 3.05) is 0 Å². The molecule has 5 nitrogen and oxygen atoms in total. The smallest absolute Gasteiger partial charge is 0.272 e. The van der Waals surface area contributed by atoms with Crippen LogP contribution in [0.2, 0.25) is 0 Å². The van der Waals surface area contributed by atoms with Gasteiger partial charge in [0.25, 0.3) is 5.69 Å². The summed E-state index contributed by atoms with van der Waals surface area (Å²) >= 11 is 0. The number of benzene rings is 2. The average molecular weight is 286 g/mol. The first kappa shape index (κ1) is 15.0. The Morgan fingerprint density at radius 3 is 2.43 bits per heavy atom. The normalized spacial score (nSPS) is 12.0. The van der Waals surface area contributed by atoms with Crippen molar-refractivity contribution >= 4 is 5.69 Å². The molecule has 0 radical (unpaired) electrons. The molecule has 2 rings (SSSR count). The van der Waals surface area contributed by atoms with Crippen LogP contribution in [0.3, 0.4) is 0 Å². The summed E-state index contributed by atoms with van der Waals surface area (Å²) in [7, 11) is 0. The van der Waals surface area contributed by atoms with E-state index in [1.807, 2.05) is 31.2 Å². The molecular weight excluding hydrogens is 268 g/mol. The molecule has 21 heavy (non-hydrogen) atoms. The van der Waals surface area contributed by atoms with Gasteiger partial charge in [0, 0.05) is 23.2 Å². The third-order valence-corrected chi connectivity index (χ3v) is 3.32. The molecule has 110 valence electrons. The molecule has 0 unspecified atom stereocenters. The minimum absolute atomic E-state index is 0.0975. The molecule has 0 saturated heterocycles. The Hall–Kier alpha value is -2.40. The van der Waals surface area contributed by atoms with E-state index in [0.717, 1.165) is 5.56 Å². The summed E-state index contributed by atoms with van der Waals surface area (Å²) in [5.74, 6) is 1.27. The maximum absolute atomic E-state index is 10.9. The highest BCUT2D eigenvalue weighted by Gasteiger charge is 2.16. The van der Waals surface area contributed by atoms with Crippen LogP contribution in [-0.2, 0) is 0 Å². The zero-order chi connectivity index (χ0) is 15.6. The quantitative estimate of drug-likeness (QED) is 0.680. The summed E-state index contributed by atoms with van der Waals surface area (Å²) in [6.45, 7) is 5.37. The molecule has 1 atom stereocenters. The van der Waals surface area contributed by atoms with Gasteiger partial charge < -0.3 is 10.5 Å². The Balaban J connectivity index is 2.41. The lowest BCUT2D eigenvalue weighted by Crippen LogP contribution is -2.06. The lowest BCUT2D eigenvalue weighted by molar-refractivity contribution is -0.385. The average Bonchev–Trinajstić information content (AvgIpc) is 2.42. The number of nitro groups is 1. The van der Waals surface area contributed by atoms with Crippen LogP contribution in [0, 0.1) is 24.0 Å². The maximum atomic E-state index is 10.9. The number of para-hydroxylation sites is 1. The number of rotatable bonds is 4. The molecular formula is C16H18N2O3. The SMILES string of the molecule is Cc1cc([N+](=O)[O-])c(C)cc1Oc1ccccc1[C@H](C)N. The van der Waals surface area contributed by atoms with Crippen LogP contribution in [0.4, 0.5) is 5.69 Å². The van der Waals surface area contributed by atoms with Crippen molar-refractivity contribution in [2.45, 2.75) is 26.8 Å². The molecule has 0 fully saturated rings. The molecule has 0 aliphatic carbocycles. The van der Waals surface area contributed by atoms with Gasteiger partial charge in [0.1, 0.15) is 11.5 Å². The molecule has 0 aliphatic rings. The minimum Gasteiger partial charge on any atom is -0.457 e. The lowest BCUT2D eigenvalue weighted by atomic mass is 10.1. The van der Waals surface area contributed by atoms with E-state index < -0.39 is 0 Å². The summed E-state index contributed by atoms with van der Waals surface area (Å²) in [6.07, 6.45) is 0. The van der Waals surface area contributed by atoms with Crippen molar-refractivity contribution in [1.29, 1.82) is 0 Å². The van der Waals surface area contributed by atoms with E-state index in [9.17, 15) is 10.1 Å². The van der Waals surface area contributed by atoms with Crippen LogP contribution in [0.15, 0.2) is 36.4 Å². The van der Waals surface area contributed by atoms with E-state index in [0.29, 0.717) is 22.6 Å². The van der Waals surface area contributed by atoms with Crippen LogP contribution in [0.1, 0.15) is 29.7 Å². The first-order chi connectivity index (χ1) is 9.90. The van der Waals surface area contributed by atoms with E-state index in [-0.39, 0.29) is 16.7 Å². The van der Waals surface area contributed by atoms with Gasteiger partial charge in [-0.05, 0) is 38.5 Å². The zero-order valence-electron chi connectivity index (χ0n) is 12.3. The van der Waals surface area contributed by atoms with Gasteiger partial charge in [0.15, 0.2) is 0 Å². The number of nitrogens with zero attached hydrogens (tertiary/aromatic N) is 1. The fraction of sp³-hybridized carbons (Fsp3) is 0.250. The third kappa shape index (κ3) is 3.20. The maximum Gasteiger partial charge on any atom is 0.272 e. The number of aryl methyl sites for hydroxylation is 2. The van der Waals surface area contributed by atoms with Crippen molar-refractivity contribution in [1.82, 2.24) is 0 Å². The predicted octanol–water partition coefficient (Wildman–Crippen LogP) is 4.02. The van der Waals surface area contributed by atoms with Gasteiger partial charge in [0.2, 0.25) is 0 Å². The van der Waals surface area contributed by atoms with Gasteiger partial charge in [0.05, 0.1) is 4.92 Å². The molecule has 0 aromatic heterocycles. The fourth-order valence-electron chi connectivity index (χ4n) is 2.15. The van der Waals surface area contributed by atoms with Crippen LogP contribution in [0.25, 0.3) is 0 Å². The summed E-state index contributed by atoms with van der Waals surface area (Å²) < 4.78 is 5.91. The van der Waals surface area contributed by atoms with Gasteiger partial charge >= 0.3 is 0 Å². The largest absolute Gasteiger partial charge is 0.457 e. The molecule has 5 heteroatoms. The summed E-state index contributed by atoms with van der Waals surface area (Å²) in [5.41, 5.74) is 8.21. The monoisotopic (exact) mass is 286 g/mol. The standard InChI is InChI=1S/C16H18N2O3/c1-10-9-16(11(2)8-14(10)18(19)20)21-15-7-5-4-6-13(15)12(3)17/h4-9,12H,17H2,1-3H3/t12-/m0/s1. The molecule has 0 spiro atoms. The Morgan fingerprint density at radius 2 is 1.81 bits per heavy atom. The second-order valence-electron chi connectivity index (χ2n) is 5.09. The number of hydrogen-bond donors (Lipinski definition) is 1. The number of nitrogens with two attached hydrogens (primary N) is 1. The number of hydrogen-bond acceptors (Lipinski definition) is 4. The first-order valence-electron chi connectivity index (χ1n) is 6.68. The lowest BCUT2D eigenvalue weighted by Gasteiger charge is -2.15. The van der Waals surface area contributed by atoms with E-state index in [2.05, 4.69) is 0 Å². The van der Waals surface area contributed by atoms with E-state index in [4.69, 9.17) is 10.5 Å². The van der Waals surface area contributed by atoms with Crippen LogP contribution >= 0.6 is 0 Å². The molecule has 2 aromatic rings. The van der Waals surface area contributed by atoms with Gasteiger partial charge in [-0.15, -0.1) is 0 Å². The zero-order valence-corrected chi connectivity index (χ0v) is 12.3. The summed E-state index contributed by atoms with van der Waals surface area (Å²) in [6, 6.07) is 10.6. The Morgan fingerprint density at radius 1 is 1.14 bits per heavy atom. The molecule has 0 aliphatic heterocycles. The molecule has 2 aromatic carbocycles. The van der Waals surface area contributed by atoms with Gasteiger partial charge in [-0.3, -0.25) is 10.1 Å². The van der Waals surface area contributed by atoms with Crippen LogP contribution in [0.5, 0.6) is 11.5 Å². The topological polar surface area (TPSA) is 78.4 Å². The number of ether oxygens (including phenoxy) is 1. The van der Waals surface area contributed by atoms with E-state index in [1.165, 1.54) is 6.07 Å². The fourth-order valence-corrected chi connectivity index (χ4v) is 2.15. The highest BCUT2D eigenvalue weighted by atomic mass is 16.6. The van der Waals surface area contributed by atoms with E-state index >= 15 is 0 Å².